The second-order valence-corrected chi connectivity index (χ2v) is 7.88. The molecular formula is C16H28B. The molecule has 1 heteroatoms. The van der Waals surface area contributed by atoms with E-state index in [-0.39, 0.29) is 0 Å². The van der Waals surface area contributed by atoms with Crippen molar-refractivity contribution in [1.82, 2.24) is 0 Å². The van der Waals surface area contributed by atoms with Crippen LogP contribution in [0.25, 0.3) is 0 Å². The third-order valence-corrected chi connectivity index (χ3v) is 6.84. The minimum Gasteiger partial charge on any atom is -0.0660 e. The van der Waals surface area contributed by atoms with Gasteiger partial charge in [-0.1, -0.05) is 65.0 Å². The number of fused-ring (bicyclic) bond motifs is 2. The first-order valence-corrected chi connectivity index (χ1v) is 7.85. The SMILES string of the molecule is CC1CCCC1[B]C1C[C@H]2C[C@H](C1C)C2(C)C. The molecule has 0 aliphatic heterocycles. The molecule has 0 N–H and O–H groups in total. The first-order valence-electron chi connectivity index (χ1n) is 7.85. The van der Waals surface area contributed by atoms with Gasteiger partial charge in [-0.15, -0.1) is 0 Å². The zero-order chi connectivity index (χ0) is 12.2. The third-order valence-electron chi connectivity index (χ3n) is 6.84. The minimum atomic E-state index is 0.658. The molecule has 0 nitrogen and oxygen atoms in total. The Hall–Kier alpha value is 0.0649. The lowest BCUT2D eigenvalue weighted by Gasteiger charge is -2.62. The number of rotatable bonds is 2. The van der Waals surface area contributed by atoms with Crippen LogP contribution in [0.15, 0.2) is 0 Å². The Morgan fingerprint density at radius 3 is 2.29 bits per heavy atom. The molecule has 4 aliphatic rings. The summed E-state index contributed by atoms with van der Waals surface area (Å²) < 4.78 is 0. The first-order chi connectivity index (χ1) is 8.00. The average molecular weight is 231 g/mol. The van der Waals surface area contributed by atoms with Crippen LogP contribution in [-0.2, 0) is 0 Å². The number of hydrogen-bond acceptors (Lipinski definition) is 0. The van der Waals surface area contributed by atoms with Gasteiger partial charge in [-0.3, -0.25) is 0 Å². The fourth-order valence-electron chi connectivity index (χ4n) is 5.22. The smallest absolute Gasteiger partial charge is 0.0660 e. The van der Waals surface area contributed by atoms with Gasteiger partial charge in [0.25, 0.3) is 0 Å². The molecule has 4 rings (SSSR count). The van der Waals surface area contributed by atoms with Crippen molar-refractivity contribution in [3.8, 4) is 0 Å². The molecule has 0 aromatic carbocycles. The van der Waals surface area contributed by atoms with Gasteiger partial charge in [-0.25, -0.2) is 0 Å². The highest BCUT2D eigenvalue weighted by Gasteiger charge is 2.56. The molecule has 17 heavy (non-hydrogen) atoms. The van der Waals surface area contributed by atoms with E-state index in [4.69, 9.17) is 0 Å². The van der Waals surface area contributed by atoms with Crippen molar-refractivity contribution in [3.63, 3.8) is 0 Å². The van der Waals surface area contributed by atoms with Crippen LogP contribution < -0.4 is 0 Å². The van der Waals surface area contributed by atoms with Crippen molar-refractivity contribution < 1.29 is 0 Å². The monoisotopic (exact) mass is 231 g/mol. The Balaban J connectivity index is 1.63. The molecular weight excluding hydrogens is 203 g/mol. The van der Waals surface area contributed by atoms with Crippen LogP contribution in [0.1, 0.15) is 59.8 Å². The second kappa shape index (κ2) is 4.03. The Kier molecular flexibility index (Phi) is 2.87. The summed E-state index contributed by atoms with van der Waals surface area (Å²) in [5, 5.41) is 0. The van der Waals surface area contributed by atoms with Crippen LogP contribution in [-0.4, -0.2) is 7.28 Å². The van der Waals surface area contributed by atoms with Crippen LogP contribution in [0, 0.1) is 29.1 Å². The van der Waals surface area contributed by atoms with Crippen molar-refractivity contribution in [1.29, 1.82) is 0 Å². The summed E-state index contributed by atoms with van der Waals surface area (Å²) in [6.45, 7) is 10.0. The van der Waals surface area contributed by atoms with E-state index in [1.54, 1.807) is 0 Å². The molecule has 0 aromatic heterocycles. The van der Waals surface area contributed by atoms with Crippen molar-refractivity contribution in [3.05, 3.63) is 0 Å². The first kappa shape index (κ1) is 12.1. The minimum absolute atomic E-state index is 0.658. The zero-order valence-electron chi connectivity index (χ0n) is 12.1. The van der Waals surface area contributed by atoms with Crippen molar-refractivity contribution in [2.45, 2.75) is 71.4 Å². The van der Waals surface area contributed by atoms with E-state index in [1.165, 1.54) is 32.1 Å². The molecule has 0 heterocycles. The largest absolute Gasteiger partial charge is 0.118 e. The molecule has 4 saturated carbocycles. The van der Waals surface area contributed by atoms with Gasteiger partial charge in [0.05, 0.1) is 0 Å². The molecule has 95 valence electrons. The molecule has 4 aliphatic carbocycles. The van der Waals surface area contributed by atoms with E-state index in [0.717, 1.165) is 35.3 Å². The summed E-state index contributed by atoms with van der Waals surface area (Å²) in [5.74, 6) is 5.84. The lowest BCUT2D eigenvalue weighted by atomic mass is 9.35. The molecule has 2 bridgehead atoms. The zero-order valence-corrected chi connectivity index (χ0v) is 12.1. The standard InChI is InChI=1S/C16H28B/c1-10-6-5-7-14(10)17-15-9-12-8-13(11(15)2)16(12,3)4/h10-15H,5-9H2,1-4H3/t10?,11?,12-,13-,14?,15?/m1/s1. The summed E-state index contributed by atoms with van der Waals surface area (Å²) in [6.07, 6.45) is 7.44. The van der Waals surface area contributed by atoms with E-state index in [1.807, 2.05) is 0 Å². The van der Waals surface area contributed by atoms with Gasteiger partial charge in [-0.05, 0) is 35.5 Å². The fraction of sp³-hybridized carbons (Fsp3) is 1.00. The van der Waals surface area contributed by atoms with E-state index in [2.05, 4.69) is 35.0 Å². The average Bonchev–Trinajstić information content (AvgIpc) is 2.66. The highest BCUT2D eigenvalue weighted by Crippen LogP contribution is 2.65. The molecule has 0 aromatic rings. The van der Waals surface area contributed by atoms with Gasteiger partial charge in [0.15, 0.2) is 0 Å². The fourth-order valence-corrected chi connectivity index (χ4v) is 5.22. The quantitative estimate of drug-likeness (QED) is 0.599. The van der Waals surface area contributed by atoms with Crippen LogP contribution in [0.3, 0.4) is 0 Å². The van der Waals surface area contributed by atoms with Gasteiger partial charge >= 0.3 is 0 Å². The maximum absolute atomic E-state index is 2.79. The Morgan fingerprint density at radius 1 is 1.00 bits per heavy atom. The Bertz CT molecular complexity index is 296. The summed E-state index contributed by atoms with van der Waals surface area (Å²) in [7, 11) is 2.79. The molecule has 6 atom stereocenters. The number of hydrogen-bond donors (Lipinski definition) is 0. The predicted molar refractivity (Wildman–Crippen MR) is 75.4 cm³/mol. The topological polar surface area (TPSA) is 0 Å². The molecule has 0 amide bonds. The van der Waals surface area contributed by atoms with Gasteiger partial charge in [0, 0.05) is 0 Å². The van der Waals surface area contributed by atoms with Gasteiger partial charge < -0.3 is 0 Å². The Morgan fingerprint density at radius 2 is 1.76 bits per heavy atom. The van der Waals surface area contributed by atoms with Crippen LogP contribution in [0.4, 0.5) is 0 Å². The van der Waals surface area contributed by atoms with E-state index in [9.17, 15) is 0 Å². The Labute approximate surface area is 108 Å². The van der Waals surface area contributed by atoms with Gasteiger partial charge in [0.2, 0.25) is 0 Å². The second-order valence-electron chi connectivity index (χ2n) is 7.88. The normalized spacial score (nSPS) is 52.0. The van der Waals surface area contributed by atoms with Crippen molar-refractivity contribution >= 4 is 7.28 Å². The molecule has 4 unspecified atom stereocenters. The maximum Gasteiger partial charge on any atom is 0.118 e. The van der Waals surface area contributed by atoms with Crippen molar-refractivity contribution in [2.24, 2.45) is 29.1 Å². The molecule has 4 fully saturated rings. The van der Waals surface area contributed by atoms with Gasteiger partial charge in [0.1, 0.15) is 7.28 Å². The summed E-state index contributed by atoms with van der Waals surface area (Å²) >= 11 is 0. The summed E-state index contributed by atoms with van der Waals surface area (Å²) in [5.41, 5.74) is 0.658. The summed E-state index contributed by atoms with van der Waals surface area (Å²) in [6, 6.07) is 0. The van der Waals surface area contributed by atoms with Crippen LogP contribution in [0.5, 0.6) is 0 Å². The molecule has 0 saturated heterocycles. The lowest BCUT2D eigenvalue weighted by molar-refractivity contribution is -0.0987. The highest BCUT2D eigenvalue weighted by atomic mass is 14.6. The lowest BCUT2D eigenvalue weighted by Crippen LogP contribution is -2.54. The van der Waals surface area contributed by atoms with Crippen LogP contribution >= 0.6 is 0 Å². The summed E-state index contributed by atoms with van der Waals surface area (Å²) in [4.78, 5) is 0. The van der Waals surface area contributed by atoms with E-state index >= 15 is 0 Å². The third kappa shape index (κ3) is 1.80. The van der Waals surface area contributed by atoms with E-state index in [0.29, 0.717) is 5.41 Å². The molecule has 1 radical (unpaired) electrons. The van der Waals surface area contributed by atoms with E-state index < -0.39 is 0 Å². The van der Waals surface area contributed by atoms with Gasteiger partial charge in [-0.2, -0.15) is 0 Å². The van der Waals surface area contributed by atoms with Crippen molar-refractivity contribution in [2.75, 3.05) is 0 Å². The highest BCUT2D eigenvalue weighted by molar-refractivity contribution is 6.40. The maximum atomic E-state index is 2.79. The molecule has 0 spiro atoms. The predicted octanol–water partition coefficient (Wildman–Crippen LogP) is 4.79. The van der Waals surface area contributed by atoms with Crippen LogP contribution in [0.2, 0.25) is 11.6 Å².